The first-order chi connectivity index (χ1) is 2.64. The maximum atomic E-state index is 9.10. The molecule has 0 aliphatic carbocycles. The standard InChI is InChI=1S/C2H2O4.9H2O/c3-1(4)2(5)6;;;;;;;;;/h(H,3,4)(H,5,6);9*1H2. The molecule has 0 bridgehead atoms. The summed E-state index contributed by atoms with van der Waals surface area (Å²) in [5, 5.41) is 14.8. The van der Waals surface area contributed by atoms with Gasteiger partial charge in [-0.3, -0.25) is 0 Å². The van der Waals surface area contributed by atoms with Crippen LogP contribution >= 0.6 is 0 Å². The van der Waals surface area contributed by atoms with Gasteiger partial charge in [-0.25, -0.2) is 9.59 Å². The van der Waals surface area contributed by atoms with Gasteiger partial charge in [0.25, 0.3) is 0 Å². The molecule has 0 heterocycles. The summed E-state index contributed by atoms with van der Waals surface area (Å²) in [7, 11) is 0. The molecule has 20 N–H and O–H groups in total. The van der Waals surface area contributed by atoms with Crippen molar-refractivity contribution in [2.24, 2.45) is 0 Å². The van der Waals surface area contributed by atoms with Gasteiger partial charge in [0.2, 0.25) is 0 Å². The van der Waals surface area contributed by atoms with Gasteiger partial charge in [-0.1, -0.05) is 0 Å². The molecule has 0 radical (unpaired) electrons. The zero-order valence-electron chi connectivity index (χ0n) is 7.21. The molecule has 0 aromatic carbocycles. The lowest BCUT2D eigenvalue weighted by atomic mass is 10.7. The van der Waals surface area contributed by atoms with Crippen molar-refractivity contribution >= 4 is 11.9 Å². The zero-order valence-corrected chi connectivity index (χ0v) is 7.21. The molecule has 0 atom stereocenters. The van der Waals surface area contributed by atoms with E-state index in [-0.39, 0.29) is 49.3 Å². The fraction of sp³-hybridized carbons (Fsp3) is 0. The van der Waals surface area contributed by atoms with Crippen LogP contribution in [0.3, 0.4) is 0 Å². The summed E-state index contributed by atoms with van der Waals surface area (Å²) in [4.78, 5) is 18.2. The molecule has 13 heteroatoms. The molecule has 0 rings (SSSR count). The summed E-state index contributed by atoms with van der Waals surface area (Å²) < 4.78 is 0. The van der Waals surface area contributed by atoms with E-state index in [4.69, 9.17) is 19.8 Å². The van der Waals surface area contributed by atoms with Gasteiger partial charge in [-0.2, -0.15) is 0 Å². The van der Waals surface area contributed by atoms with Gasteiger partial charge in [0.05, 0.1) is 0 Å². The zero-order chi connectivity index (χ0) is 5.15. The number of rotatable bonds is 0. The Kier molecular flexibility index (Phi) is 899. The number of aliphatic carboxylic acids is 2. The van der Waals surface area contributed by atoms with E-state index in [1.165, 1.54) is 0 Å². The largest absolute Gasteiger partial charge is 0.473 e. The van der Waals surface area contributed by atoms with Crippen LogP contribution in [0.15, 0.2) is 0 Å². The fourth-order valence-electron chi connectivity index (χ4n) is 0. The molecule has 0 aromatic heterocycles. The SMILES string of the molecule is O.O.O.O.O.O.O.O.O.O=C(O)C(=O)O. The van der Waals surface area contributed by atoms with E-state index in [0.717, 1.165) is 0 Å². The molecule has 0 fully saturated rings. The summed E-state index contributed by atoms with van der Waals surface area (Å²) in [6, 6.07) is 0. The van der Waals surface area contributed by atoms with Gasteiger partial charge in [-0.05, 0) is 0 Å². The maximum absolute atomic E-state index is 9.10. The molecule has 0 spiro atoms. The minimum absolute atomic E-state index is 0. The van der Waals surface area contributed by atoms with Crippen LogP contribution in [0.2, 0.25) is 0 Å². The maximum Gasteiger partial charge on any atom is 0.414 e. The summed E-state index contributed by atoms with van der Waals surface area (Å²) >= 11 is 0. The van der Waals surface area contributed by atoms with E-state index in [9.17, 15) is 0 Å². The van der Waals surface area contributed by atoms with E-state index in [1.54, 1.807) is 0 Å². The van der Waals surface area contributed by atoms with E-state index >= 15 is 0 Å². The highest BCUT2D eigenvalue weighted by Gasteiger charge is 2.04. The van der Waals surface area contributed by atoms with Crippen molar-refractivity contribution in [2.45, 2.75) is 0 Å². The first kappa shape index (κ1) is 168. The second kappa shape index (κ2) is 80.4. The van der Waals surface area contributed by atoms with Gasteiger partial charge < -0.3 is 59.5 Å². The van der Waals surface area contributed by atoms with Crippen molar-refractivity contribution in [1.82, 2.24) is 0 Å². The molecule has 0 unspecified atom stereocenters. The molecule has 0 amide bonds. The third-order valence-electron chi connectivity index (χ3n) is 0.183. The predicted octanol–water partition coefficient (Wildman–Crippen LogP) is -8.27. The van der Waals surface area contributed by atoms with Crippen LogP contribution in [0, 0.1) is 0 Å². The quantitative estimate of drug-likeness (QED) is 0.395. The normalized spacial score (nSPS) is 2.93. The summed E-state index contributed by atoms with van der Waals surface area (Å²) in [5.41, 5.74) is 0. The van der Waals surface area contributed by atoms with Crippen LogP contribution in [0.1, 0.15) is 0 Å². The Morgan fingerprint density at radius 2 is 0.533 bits per heavy atom. The third-order valence-corrected chi connectivity index (χ3v) is 0.183. The Balaban J connectivity index is -0.00000000347. The van der Waals surface area contributed by atoms with Crippen molar-refractivity contribution in [2.75, 3.05) is 0 Å². The Hall–Kier alpha value is -1.42. The van der Waals surface area contributed by atoms with Gasteiger partial charge in [0, 0.05) is 0 Å². The molecule has 13 nitrogen and oxygen atoms in total. The van der Waals surface area contributed by atoms with Crippen LogP contribution in [-0.4, -0.2) is 71.4 Å². The summed E-state index contributed by atoms with van der Waals surface area (Å²) in [6.45, 7) is 0. The van der Waals surface area contributed by atoms with E-state index in [0.29, 0.717) is 0 Å². The summed E-state index contributed by atoms with van der Waals surface area (Å²) in [6.07, 6.45) is 0. The monoisotopic (exact) mass is 252 g/mol. The van der Waals surface area contributed by atoms with Crippen molar-refractivity contribution in [1.29, 1.82) is 0 Å². The Morgan fingerprint density at radius 3 is 0.533 bits per heavy atom. The van der Waals surface area contributed by atoms with Gasteiger partial charge in [0.15, 0.2) is 0 Å². The molecule has 0 aromatic rings. The first-order valence-electron chi connectivity index (χ1n) is 1.11. The summed E-state index contributed by atoms with van der Waals surface area (Å²) in [5.74, 6) is -3.65. The van der Waals surface area contributed by atoms with E-state index in [1.807, 2.05) is 0 Å². The van der Waals surface area contributed by atoms with Crippen LogP contribution in [-0.2, 0) is 9.59 Å². The first-order valence-corrected chi connectivity index (χ1v) is 1.11. The highest BCUT2D eigenvalue weighted by atomic mass is 16.4. The lowest BCUT2D eigenvalue weighted by molar-refractivity contribution is -0.159. The number of carbonyl (C=O) groups is 2. The van der Waals surface area contributed by atoms with Crippen LogP contribution < -0.4 is 0 Å². The van der Waals surface area contributed by atoms with Crippen molar-refractivity contribution < 1.29 is 69.1 Å². The second-order valence-electron chi connectivity index (χ2n) is 0.610. The number of carboxylic acid groups (broad SMARTS) is 2. The average Bonchev–Trinajstić information content (AvgIpc) is 1.36. The van der Waals surface area contributed by atoms with Gasteiger partial charge in [0.1, 0.15) is 0 Å². The van der Waals surface area contributed by atoms with E-state index in [2.05, 4.69) is 0 Å². The highest BCUT2D eigenvalue weighted by Crippen LogP contribution is 1.56. The van der Waals surface area contributed by atoms with Crippen LogP contribution in [0.4, 0.5) is 0 Å². The second-order valence-corrected chi connectivity index (χ2v) is 0.610. The van der Waals surface area contributed by atoms with Crippen molar-refractivity contribution in [3.63, 3.8) is 0 Å². The Morgan fingerprint density at radius 1 is 0.467 bits per heavy atom. The van der Waals surface area contributed by atoms with Crippen molar-refractivity contribution in [3.05, 3.63) is 0 Å². The molecule has 106 valence electrons. The topological polar surface area (TPSA) is 358 Å². The molecular weight excluding hydrogens is 232 g/mol. The molecule has 0 aliphatic heterocycles. The predicted molar refractivity (Wildman–Crippen MR) is 47.8 cm³/mol. The fourth-order valence-corrected chi connectivity index (χ4v) is 0. The van der Waals surface area contributed by atoms with Crippen LogP contribution in [0.5, 0.6) is 0 Å². The number of hydrogen-bond acceptors (Lipinski definition) is 2. The minimum Gasteiger partial charge on any atom is -0.473 e. The Labute approximate surface area is 82.3 Å². The number of hydrogen-bond donors (Lipinski definition) is 2. The van der Waals surface area contributed by atoms with Crippen molar-refractivity contribution in [3.8, 4) is 0 Å². The third kappa shape index (κ3) is 212. The van der Waals surface area contributed by atoms with Gasteiger partial charge >= 0.3 is 11.9 Å². The van der Waals surface area contributed by atoms with Crippen LogP contribution in [0.25, 0.3) is 0 Å². The lowest BCUT2D eigenvalue weighted by Crippen LogP contribution is -2.09. The smallest absolute Gasteiger partial charge is 0.414 e. The lowest BCUT2D eigenvalue weighted by Gasteiger charge is -1.72. The molecule has 15 heavy (non-hydrogen) atoms. The molecular formula is C2H20O13. The Bertz CT molecular complexity index is 74.5. The highest BCUT2D eigenvalue weighted by molar-refractivity contribution is 6.27. The minimum atomic E-state index is -1.82. The molecule has 0 saturated heterocycles. The van der Waals surface area contributed by atoms with Gasteiger partial charge in [-0.15, -0.1) is 0 Å². The molecule has 0 aliphatic rings. The molecule has 0 saturated carbocycles. The number of carboxylic acids is 2. The van der Waals surface area contributed by atoms with E-state index < -0.39 is 11.9 Å². The average molecular weight is 252 g/mol.